The van der Waals surface area contributed by atoms with Crippen LogP contribution in [0.5, 0.6) is 11.5 Å². The molecule has 0 aliphatic carbocycles. The van der Waals surface area contributed by atoms with E-state index < -0.39 is 17.6 Å². The number of carbonyl (C=O) groups is 2. The summed E-state index contributed by atoms with van der Waals surface area (Å²) in [6.45, 7) is 5.97. The summed E-state index contributed by atoms with van der Waals surface area (Å²) >= 11 is 0. The van der Waals surface area contributed by atoms with Gasteiger partial charge in [0.25, 0.3) is 11.6 Å². The summed E-state index contributed by atoms with van der Waals surface area (Å²) in [5.41, 5.74) is 1.40. The van der Waals surface area contributed by atoms with Crippen molar-refractivity contribution in [1.82, 2.24) is 5.32 Å². The molecule has 6 nitrogen and oxygen atoms in total. The number of aliphatic carboxylic acids is 1. The molecule has 6 heteroatoms. The van der Waals surface area contributed by atoms with Crippen molar-refractivity contribution in [2.75, 3.05) is 6.61 Å². The summed E-state index contributed by atoms with van der Waals surface area (Å²) in [7, 11) is 0. The third kappa shape index (κ3) is 6.63. The van der Waals surface area contributed by atoms with Crippen LogP contribution in [0.4, 0.5) is 0 Å². The van der Waals surface area contributed by atoms with Crippen molar-refractivity contribution in [3.8, 4) is 11.5 Å². The normalized spacial score (nSPS) is 12.4. The minimum absolute atomic E-state index is 0.0468. The lowest BCUT2D eigenvalue weighted by atomic mass is 10.0. The molecule has 0 aliphatic heterocycles. The second-order valence-corrected chi connectivity index (χ2v) is 8.51. The highest BCUT2D eigenvalue weighted by molar-refractivity contribution is 5.99. The molecule has 0 bridgehead atoms. The SMILES string of the molecule is CCC(NC(=O)c1ccc(OCCCCc2ccccc2)c(C)c1C)(Oc1ccccc1)C(=O)O. The Hall–Kier alpha value is -3.80. The fraction of sp³-hybridized carbons (Fsp3) is 0.310. The van der Waals surface area contributed by atoms with Gasteiger partial charge in [-0.05, 0) is 74.1 Å². The maximum atomic E-state index is 13.1. The molecule has 35 heavy (non-hydrogen) atoms. The Balaban J connectivity index is 1.64. The molecule has 0 fully saturated rings. The van der Waals surface area contributed by atoms with Gasteiger partial charge in [-0.1, -0.05) is 55.5 Å². The molecule has 0 aromatic heterocycles. The number of hydrogen-bond donors (Lipinski definition) is 2. The zero-order chi connectivity index (χ0) is 25.3. The summed E-state index contributed by atoms with van der Waals surface area (Å²) in [5.74, 6) is -0.692. The van der Waals surface area contributed by atoms with E-state index in [2.05, 4.69) is 17.4 Å². The van der Waals surface area contributed by atoms with Crippen LogP contribution in [0.3, 0.4) is 0 Å². The van der Waals surface area contributed by atoms with Gasteiger partial charge in [-0.25, -0.2) is 4.79 Å². The van der Waals surface area contributed by atoms with Gasteiger partial charge in [0, 0.05) is 12.0 Å². The highest BCUT2D eigenvalue weighted by atomic mass is 16.5. The van der Waals surface area contributed by atoms with Crippen molar-refractivity contribution in [3.63, 3.8) is 0 Å². The number of nitrogens with one attached hydrogen (secondary N) is 1. The van der Waals surface area contributed by atoms with Gasteiger partial charge < -0.3 is 19.9 Å². The van der Waals surface area contributed by atoms with Gasteiger partial charge in [-0.3, -0.25) is 4.79 Å². The van der Waals surface area contributed by atoms with Gasteiger partial charge in [0.1, 0.15) is 11.5 Å². The van der Waals surface area contributed by atoms with Gasteiger partial charge >= 0.3 is 5.97 Å². The van der Waals surface area contributed by atoms with Crippen LogP contribution in [0, 0.1) is 13.8 Å². The lowest BCUT2D eigenvalue weighted by Crippen LogP contribution is -2.58. The van der Waals surface area contributed by atoms with Crippen molar-refractivity contribution in [2.24, 2.45) is 0 Å². The lowest BCUT2D eigenvalue weighted by Gasteiger charge is -2.30. The Labute approximate surface area is 206 Å². The first-order valence-corrected chi connectivity index (χ1v) is 11.9. The molecule has 2 N–H and O–H groups in total. The first-order chi connectivity index (χ1) is 16.9. The molecular weight excluding hydrogens is 442 g/mol. The molecule has 0 saturated carbocycles. The summed E-state index contributed by atoms with van der Waals surface area (Å²) in [6.07, 6.45) is 3.00. The van der Waals surface area contributed by atoms with E-state index in [1.54, 1.807) is 49.4 Å². The van der Waals surface area contributed by atoms with E-state index in [1.165, 1.54) is 5.56 Å². The zero-order valence-electron chi connectivity index (χ0n) is 20.5. The van der Waals surface area contributed by atoms with Crippen LogP contribution >= 0.6 is 0 Å². The van der Waals surface area contributed by atoms with Gasteiger partial charge in [-0.15, -0.1) is 0 Å². The monoisotopic (exact) mass is 475 g/mol. The van der Waals surface area contributed by atoms with Gasteiger partial charge in [-0.2, -0.15) is 0 Å². The fourth-order valence-corrected chi connectivity index (χ4v) is 3.83. The van der Waals surface area contributed by atoms with E-state index in [9.17, 15) is 14.7 Å². The number of aryl methyl sites for hydroxylation is 1. The summed E-state index contributed by atoms with van der Waals surface area (Å²) < 4.78 is 11.7. The quantitative estimate of drug-likeness (QED) is 0.259. The summed E-state index contributed by atoms with van der Waals surface area (Å²) in [6, 6.07) is 22.4. The third-order valence-corrected chi connectivity index (χ3v) is 6.14. The predicted molar refractivity (Wildman–Crippen MR) is 136 cm³/mol. The highest BCUT2D eigenvalue weighted by Gasteiger charge is 2.41. The van der Waals surface area contributed by atoms with Crippen molar-refractivity contribution in [1.29, 1.82) is 0 Å². The average Bonchev–Trinajstić information content (AvgIpc) is 2.87. The minimum atomic E-state index is -1.88. The van der Waals surface area contributed by atoms with Crippen molar-refractivity contribution in [2.45, 2.75) is 52.2 Å². The fourth-order valence-electron chi connectivity index (χ4n) is 3.83. The zero-order valence-corrected chi connectivity index (χ0v) is 20.5. The maximum absolute atomic E-state index is 13.1. The Kier molecular flexibility index (Phi) is 8.90. The van der Waals surface area contributed by atoms with E-state index in [1.807, 2.05) is 32.0 Å². The lowest BCUT2D eigenvalue weighted by molar-refractivity contribution is -0.158. The predicted octanol–water partition coefficient (Wildman–Crippen LogP) is 5.70. The topological polar surface area (TPSA) is 84.9 Å². The molecule has 3 aromatic rings. The molecule has 0 spiro atoms. The van der Waals surface area contributed by atoms with Gasteiger partial charge in [0.05, 0.1) is 6.61 Å². The number of unbranched alkanes of at least 4 members (excludes halogenated alkanes) is 1. The number of amides is 1. The van der Waals surface area contributed by atoms with Crippen molar-refractivity contribution < 1.29 is 24.2 Å². The van der Waals surface area contributed by atoms with Gasteiger partial charge in [0.15, 0.2) is 0 Å². The van der Waals surface area contributed by atoms with Crippen LogP contribution in [0.2, 0.25) is 0 Å². The average molecular weight is 476 g/mol. The minimum Gasteiger partial charge on any atom is -0.493 e. The molecule has 1 unspecified atom stereocenters. The maximum Gasteiger partial charge on any atom is 0.370 e. The standard InChI is InChI=1S/C29H33NO5/c1-4-29(28(32)33,35-24-16-9-6-10-17-24)30-27(31)25-18-19-26(22(3)21(25)2)34-20-12-11-15-23-13-7-5-8-14-23/h5-10,13-14,16-19H,4,11-12,15,20H2,1-3H3,(H,30,31)(H,32,33). The number of carboxylic acids is 1. The Morgan fingerprint density at radius 2 is 1.54 bits per heavy atom. The van der Waals surface area contributed by atoms with E-state index >= 15 is 0 Å². The van der Waals surface area contributed by atoms with E-state index in [4.69, 9.17) is 9.47 Å². The van der Waals surface area contributed by atoms with Crippen molar-refractivity contribution >= 4 is 11.9 Å². The first kappa shape index (κ1) is 25.8. The van der Waals surface area contributed by atoms with Crippen LogP contribution in [0.25, 0.3) is 0 Å². The van der Waals surface area contributed by atoms with Gasteiger partial charge in [0.2, 0.25) is 0 Å². The summed E-state index contributed by atoms with van der Waals surface area (Å²) in [5, 5.41) is 12.5. The van der Waals surface area contributed by atoms with E-state index in [0.717, 1.165) is 36.1 Å². The molecule has 3 rings (SSSR count). The Morgan fingerprint density at radius 3 is 2.17 bits per heavy atom. The Bertz CT molecular complexity index is 1130. The molecule has 0 heterocycles. The number of carbonyl (C=O) groups excluding carboxylic acids is 1. The second kappa shape index (κ2) is 12.1. The largest absolute Gasteiger partial charge is 0.493 e. The molecule has 1 amide bonds. The number of para-hydroxylation sites is 1. The van der Waals surface area contributed by atoms with Crippen LogP contribution in [-0.4, -0.2) is 29.3 Å². The van der Waals surface area contributed by atoms with Crippen LogP contribution in [0.15, 0.2) is 72.8 Å². The molecule has 1 atom stereocenters. The smallest absolute Gasteiger partial charge is 0.370 e. The number of benzene rings is 3. The summed E-state index contributed by atoms with van der Waals surface area (Å²) in [4.78, 5) is 25.3. The molecule has 3 aromatic carbocycles. The second-order valence-electron chi connectivity index (χ2n) is 8.51. The molecule has 0 radical (unpaired) electrons. The molecule has 184 valence electrons. The first-order valence-electron chi connectivity index (χ1n) is 11.9. The third-order valence-electron chi connectivity index (χ3n) is 6.14. The van der Waals surface area contributed by atoms with Crippen LogP contribution in [0.1, 0.15) is 53.2 Å². The van der Waals surface area contributed by atoms with E-state index in [0.29, 0.717) is 17.9 Å². The molecule has 0 aliphatic rings. The van der Waals surface area contributed by atoms with E-state index in [-0.39, 0.29) is 6.42 Å². The van der Waals surface area contributed by atoms with Crippen LogP contribution < -0.4 is 14.8 Å². The Morgan fingerprint density at radius 1 is 0.886 bits per heavy atom. The number of hydrogen-bond acceptors (Lipinski definition) is 4. The number of ether oxygens (including phenoxy) is 2. The highest BCUT2D eigenvalue weighted by Crippen LogP contribution is 2.26. The molecule has 0 saturated heterocycles. The molecular formula is C29H33NO5. The number of rotatable bonds is 12. The van der Waals surface area contributed by atoms with Crippen LogP contribution in [-0.2, 0) is 11.2 Å². The van der Waals surface area contributed by atoms with Crippen molar-refractivity contribution in [3.05, 3.63) is 95.1 Å². The number of carboxylic acid groups (broad SMARTS) is 1.